The van der Waals surface area contributed by atoms with Crippen LogP contribution in [0.5, 0.6) is 5.75 Å². The van der Waals surface area contributed by atoms with Crippen molar-refractivity contribution in [1.29, 1.82) is 0 Å². The maximum atomic E-state index is 13.2. The molecule has 0 aliphatic carbocycles. The Kier molecular flexibility index (Phi) is 8.32. The summed E-state index contributed by atoms with van der Waals surface area (Å²) in [6.07, 6.45) is 0. The molecule has 0 unspecified atom stereocenters. The molecule has 1 aliphatic heterocycles. The summed E-state index contributed by atoms with van der Waals surface area (Å²) in [6.45, 7) is 6.76. The summed E-state index contributed by atoms with van der Waals surface area (Å²) in [5.74, 6) is 1.65. The first-order valence-corrected chi connectivity index (χ1v) is 12.7. The second-order valence-electron chi connectivity index (χ2n) is 8.05. The first-order valence-electron chi connectivity index (χ1n) is 11.3. The van der Waals surface area contributed by atoms with E-state index in [1.807, 2.05) is 60.4 Å². The SMILES string of the molecule is CCOc1ccc(C(=O)N2CCN(Cc3ccccc3)CC2)cc1CSc1ccc(Cl)cc1. The molecule has 1 fully saturated rings. The van der Waals surface area contributed by atoms with Gasteiger partial charge in [-0.3, -0.25) is 9.69 Å². The van der Waals surface area contributed by atoms with Crippen molar-refractivity contribution in [1.82, 2.24) is 9.80 Å². The van der Waals surface area contributed by atoms with E-state index in [-0.39, 0.29) is 5.91 Å². The predicted molar refractivity (Wildman–Crippen MR) is 136 cm³/mol. The van der Waals surface area contributed by atoms with Gasteiger partial charge in [-0.05, 0) is 55.0 Å². The van der Waals surface area contributed by atoms with Gasteiger partial charge in [0, 0.05) is 59.5 Å². The summed E-state index contributed by atoms with van der Waals surface area (Å²) < 4.78 is 5.83. The lowest BCUT2D eigenvalue weighted by Gasteiger charge is -2.35. The van der Waals surface area contributed by atoms with E-state index in [0.717, 1.165) is 65.3 Å². The fraction of sp³-hybridized carbons (Fsp3) is 0.296. The van der Waals surface area contributed by atoms with Crippen LogP contribution in [0.15, 0.2) is 77.7 Å². The molecule has 1 saturated heterocycles. The van der Waals surface area contributed by atoms with E-state index >= 15 is 0 Å². The van der Waals surface area contributed by atoms with Crippen molar-refractivity contribution in [2.75, 3.05) is 32.8 Å². The lowest BCUT2D eigenvalue weighted by Crippen LogP contribution is -2.48. The molecule has 3 aromatic carbocycles. The van der Waals surface area contributed by atoms with Gasteiger partial charge in [-0.15, -0.1) is 11.8 Å². The molecule has 0 spiro atoms. The number of benzene rings is 3. The molecular weight excluding hydrogens is 452 g/mol. The van der Waals surface area contributed by atoms with E-state index in [2.05, 4.69) is 29.2 Å². The lowest BCUT2D eigenvalue weighted by atomic mass is 10.1. The van der Waals surface area contributed by atoms with Gasteiger partial charge in [0.2, 0.25) is 0 Å². The highest BCUT2D eigenvalue weighted by Crippen LogP contribution is 2.30. The zero-order chi connectivity index (χ0) is 23.0. The fourth-order valence-corrected chi connectivity index (χ4v) is 4.95. The molecule has 172 valence electrons. The third kappa shape index (κ3) is 6.53. The zero-order valence-electron chi connectivity index (χ0n) is 18.9. The van der Waals surface area contributed by atoms with Crippen molar-refractivity contribution < 1.29 is 9.53 Å². The lowest BCUT2D eigenvalue weighted by molar-refractivity contribution is 0.0628. The van der Waals surface area contributed by atoms with Crippen LogP contribution >= 0.6 is 23.4 Å². The summed E-state index contributed by atoms with van der Waals surface area (Å²) >= 11 is 7.71. The predicted octanol–water partition coefficient (Wildman–Crippen LogP) is 5.99. The second kappa shape index (κ2) is 11.6. The van der Waals surface area contributed by atoms with Crippen LogP contribution in [0.1, 0.15) is 28.4 Å². The molecule has 0 atom stereocenters. The normalized spacial score (nSPS) is 14.3. The van der Waals surface area contributed by atoms with Crippen LogP contribution in [-0.4, -0.2) is 48.5 Å². The average Bonchev–Trinajstić information content (AvgIpc) is 2.85. The highest BCUT2D eigenvalue weighted by molar-refractivity contribution is 7.98. The van der Waals surface area contributed by atoms with Gasteiger partial charge in [-0.1, -0.05) is 41.9 Å². The second-order valence-corrected chi connectivity index (χ2v) is 9.54. The number of hydrogen-bond donors (Lipinski definition) is 0. The van der Waals surface area contributed by atoms with Crippen molar-refractivity contribution in [3.8, 4) is 5.75 Å². The van der Waals surface area contributed by atoms with E-state index < -0.39 is 0 Å². The molecule has 0 aromatic heterocycles. The molecule has 0 saturated carbocycles. The standard InChI is InChI=1S/C27H29ClN2O2S/c1-2-32-26-13-8-22(18-23(26)20-33-25-11-9-24(28)10-12-25)27(31)30-16-14-29(15-17-30)19-21-6-4-3-5-7-21/h3-13,18H,2,14-17,19-20H2,1H3. The Morgan fingerprint density at radius 3 is 2.39 bits per heavy atom. The number of amides is 1. The molecule has 3 aromatic rings. The highest BCUT2D eigenvalue weighted by atomic mass is 35.5. The Hall–Kier alpha value is -2.47. The Morgan fingerprint density at radius 1 is 0.970 bits per heavy atom. The highest BCUT2D eigenvalue weighted by Gasteiger charge is 2.23. The van der Waals surface area contributed by atoms with E-state index in [1.165, 1.54) is 5.56 Å². The molecule has 0 N–H and O–H groups in total. The molecule has 1 amide bonds. The molecule has 4 nitrogen and oxygen atoms in total. The van der Waals surface area contributed by atoms with Crippen LogP contribution in [0.3, 0.4) is 0 Å². The van der Waals surface area contributed by atoms with E-state index in [4.69, 9.17) is 16.3 Å². The minimum atomic E-state index is 0.0927. The summed E-state index contributed by atoms with van der Waals surface area (Å²) in [5, 5.41) is 0.728. The van der Waals surface area contributed by atoms with Crippen LogP contribution in [-0.2, 0) is 12.3 Å². The number of thioether (sulfide) groups is 1. The Bertz CT molecular complexity index is 1050. The largest absolute Gasteiger partial charge is 0.494 e. The number of carbonyl (C=O) groups excluding carboxylic acids is 1. The van der Waals surface area contributed by atoms with E-state index in [1.54, 1.807) is 11.8 Å². The number of nitrogens with zero attached hydrogens (tertiary/aromatic N) is 2. The van der Waals surface area contributed by atoms with Gasteiger partial charge < -0.3 is 9.64 Å². The number of rotatable bonds is 8. The fourth-order valence-electron chi connectivity index (χ4n) is 3.95. The number of hydrogen-bond acceptors (Lipinski definition) is 4. The monoisotopic (exact) mass is 480 g/mol. The number of carbonyl (C=O) groups is 1. The van der Waals surface area contributed by atoms with Crippen molar-refractivity contribution in [2.45, 2.75) is 24.1 Å². The van der Waals surface area contributed by atoms with E-state index in [0.29, 0.717) is 6.61 Å². The van der Waals surface area contributed by atoms with Gasteiger partial charge in [0.15, 0.2) is 0 Å². The van der Waals surface area contributed by atoms with Gasteiger partial charge in [0.1, 0.15) is 5.75 Å². The van der Waals surface area contributed by atoms with Gasteiger partial charge in [-0.2, -0.15) is 0 Å². The Labute approximate surface area is 205 Å². The maximum absolute atomic E-state index is 13.2. The first kappa shape index (κ1) is 23.7. The average molecular weight is 481 g/mol. The molecular formula is C27H29ClN2O2S. The van der Waals surface area contributed by atoms with Gasteiger partial charge in [0.25, 0.3) is 5.91 Å². The van der Waals surface area contributed by atoms with Crippen molar-refractivity contribution in [2.24, 2.45) is 0 Å². The number of halogens is 1. The van der Waals surface area contributed by atoms with E-state index in [9.17, 15) is 4.79 Å². The summed E-state index contributed by atoms with van der Waals surface area (Å²) in [6, 6.07) is 24.1. The molecule has 0 radical (unpaired) electrons. The van der Waals surface area contributed by atoms with Crippen LogP contribution in [0.2, 0.25) is 5.02 Å². The molecule has 1 heterocycles. The zero-order valence-corrected chi connectivity index (χ0v) is 20.4. The summed E-state index contributed by atoms with van der Waals surface area (Å²) in [5.41, 5.74) is 3.07. The topological polar surface area (TPSA) is 32.8 Å². The smallest absolute Gasteiger partial charge is 0.253 e. The molecule has 4 rings (SSSR count). The summed E-state index contributed by atoms with van der Waals surface area (Å²) in [7, 11) is 0. The Balaban J connectivity index is 1.39. The third-order valence-electron chi connectivity index (χ3n) is 5.72. The molecule has 0 bridgehead atoms. The van der Waals surface area contributed by atoms with Crippen molar-refractivity contribution in [3.05, 3.63) is 94.5 Å². The first-order chi connectivity index (χ1) is 16.1. The quantitative estimate of drug-likeness (QED) is 0.371. The van der Waals surface area contributed by atoms with Crippen LogP contribution in [0.4, 0.5) is 0 Å². The third-order valence-corrected chi connectivity index (χ3v) is 7.04. The van der Waals surface area contributed by atoms with Gasteiger partial charge in [-0.25, -0.2) is 0 Å². The van der Waals surface area contributed by atoms with Crippen LogP contribution in [0, 0.1) is 0 Å². The molecule has 1 aliphatic rings. The number of ether oxygens (including phenoxy) is 1. The molecule has 33 heavy (non-hydrogen) atoms. The molecule has 6 heteroatoms. The minimum absolute atomic E-state index is 0.0927. The van der Waals surface area contributed by atoms with Crippen LogP contribution < -0.4 is 4.74 Å². The Morgan fingerprint density at radius 2 is 1.70 bits per heavy atom. The van der Waals surface area contributed by atoms with Gasteiger partial charge in [0.05, 0.1) is 6.61 Å². The number of piperazine rings is 1. The van der Waals surface area contributed by atoms with Crippen LogP contribution in [0.25, 0.3) is 0 Å². The maximum Gasteiger partial charge on any atom is 0.253 e. The minimum Gasteiger partial charge on any atom is -0.494 e. The van der Waals surface area contributed by atoms with Crippen molar-refractivity contribution >= 4 is 29.3 Å². The van der Waals surface area contributed by atoms with Gasteiger partial charge >= 0.3 is 0 Å². The van der Waals surface area contributed by atoms with Crippen molar-refractivity contribution in [3.63, 3.8) is 0 Å². The summed E-state index contributed by atoms with van der Waals surface area (Å²) in [4.78, 5) is 18.7.